The fraction of sp³-hybridized carbons (Fsp3) is 0.700. The van der Waals surface area contributed by atoms with Gasteiger partial charge in [-0.3, -0.25) is 0 Å². The molecule has 12 heavy (non-hydrogen) atoms. The summed E-state index contributed by atoms with van der Waals surface area (Å²) >= 11 is 1.53. The minimum absolute atomic E-state index is 0.853. The van der Waals surface area contributed by atoms with E-state index < -0.39 is 0 Å². The molecule has 0 aromatic carbocycles. The second-order valence-electron chi connectivity index (χ2n) is 2.73. The Balaban J connectivity index is 3.40. The third kappa shape index (κ3) is 6.30. The van der Waals surface area contributed by atoms with E-state index in [1.54, 1.807) is 0 Å². The first kappa shape index (κ1) is 11.6. The van der Waals surface area contributed by atoms with E-state index in [0.29, 0.717) is 0 Å². The minimum Gasteiger partial charge on any atom is -0.192 e. The summed E-state index contributed by atoms with van der Waals surface area (Å²) in [6, 6.07) is 2.17. The van der Waals surface area contributed by atoms with Gasteiger partial charge in [-0.1, -0.05) is 32.3 Å². The largest absolute Gasteiger partial charge is 0.192 e. The smallest absolute Gasteiger partial charge is 0.106 e. The molecule has 0 rings (SSSR count). The predicted octanol–water partition coefficient (Wildman–Crippen LogP) is 3.73. The molecule has 0 aliphatic carbocycles. The average molecular weight is 183 g/mol. The van der Waals surface area contributed by atoms with Crippen LogP contribution in [0.4, 0.5) is 0 Å². The third-order valence-corrected chi connectivity index (χ3v) is 2.42. The number of thioether (sulfide) groups is 1. The maximum atomic E-state index is 8.59. The lowest BCUT2D eigenvalue weighted by molar-refractivity contribution is 0.674. The van der Waals surface area contributed by atoms with E-state index in [9.17, 15) is 0 Å². The van der Waals surface area contributed by atoms with E-state index in [1.165, 1.54) is 37.4 Å². The van der Waals surface area contributed by atoms with Crippen molar-refractivity contribution in [3.05, 3.63) is 11.0 Å². The SMILES string of the molecule is CCCCCC/C=C(\C#N)SC. The van der Waals surface area contributed by atoms with Crippen molar-refractivity contribution < 1.29 is 0 Å². The van der Waals surface area contributed by atoms with Crippen LogP contribution < -0.4 is 0 Å². The Labute approximate surface area is 79.8 Å². The van der Waals surface area contributed by atoms with Gasteiger partial charge < -0.3 is 0 Å². The highest BCUT2D eigenvalue weighted by Crippen LogP contribution is 2.12. The highest BCUT2D eigenvalue weighted by molar-refractivity contribution is 8.02. The number of nitriles is 1. The molecular formula is C10H17NS. The second kappa shape index (κ2) is 8.67. The Morgan fingerprint density at radius 3 is 2.67 bits per heavy atom. The molecule has 0 fully saturated rings. The molecule has 0 atom stereocenters. The van der Waals surface area contributed by atoms with Gasteiger partial charge in [-0.05, 0) is 19.1 Å². The predicted molar refractivity (Wildman–Crippen MR) is 56.0 cm³/mol. The van der Waals surface area contributed by atoms with Crippen molar-refractivity contribution in [2.75, 3.05) is 6.26 Å². The van der Waals surface area contributed by atoms with Gasteiger partial charge in [0.1, 0.15) is 6.07 Å². The standard InChI is InChI=1S/C10H17NS/c1-3-4-5-6-7-8-10(9-11)12-2/h8H,3-7H2,1-2H3/b10-8+. The summed E-state index contributed by atoms with van der Waals surface area (Å²) in [7, 11) is 0. The van der Waals surface area contributed by atoms with Gasteiger partial charge in [0.25, 0.3) is 0 Å². The van der Waals surface area contributed by atoms with Gasteiger partial charge >= 0.3 is 0 Å². The molecule has 1 nitrogen and oxygen atoms in total. The van der Waals surface area contributed by atoms with Crippen LogP contribution in [0.2, 0.25) is 0 Å². The van der Waals surface area contributed by atoms with Gasteiger partial charge in [0.2, 0.25) is 0 Å². The summed E-state index contributed by atoms with van der Waals surface area (Å²) in [5.74, 6) is 0. The zero-order valence-corrected chi connectivity index (χ0v) is 8.78. The molecule has 0 N–H and O–H groups in total. The van der Waals surface area contributed by atoms with Crippen LogP contribution in [-0.2, 0) is 0 Å². The molecule has 0 aromatic heterocycles. The molecule has 0 saturated carbocycles. The Bertz CT molecular complexity index is 167. The third-order valence-electron chi connectivity index (χ3n) is 1.72. The molecule has 0 aliphatic rings. The van der Waals surface area contributed by atoms with Crippen molar-refractivity contribution in [3.8, 4) is 6.07 Å². The summed E-state index contributed by atoms with van der Waals surface area (Å²) in [5, 5.41) is 8.59. The molecule has 0 amide bonds. The number of hydrogen-bond acceptors (Lipinski definition) is 2. The number of unbranched alkanes of at least 4 members (excludes halogenated alkanes) is 4. The van der Waals surface area contributed by atoms with E-state index in [-0.39, 0.29) is 0 Å². The fourth-order valence-electron chi connectivity index (χ4n) is 0.979. The lowest BCUT2D eigenvalue weighted by Gasteiger charge is -1.95. The molecular weight excluding hydrogens is 166 g/mol. The minimum atomic E-state index is 0.853. The molecule has 0 spiro atoms. The van der Waals surface area contributed by atoms with E-state index >= 15 is 0 Å². The summed E-state index contributed by atoms with van der Waals surface area (Å²) in [4.78, 5) is 0.853. The van der Waals surface area contributed by atoms with Crippen molar-refractivity contribution in [1.29, 1.82) is 5.26 Å². The highest BCUT2D eigenvalue weighted by Gasteiger charge is 1.90. The van der Waals surface area contributed by atoms with Gasteiger partial charge in [-0.2, -0.15) is 5.26 Å². The molecule has 0 unspecified atom stereocenters. The van der Waals surface area contributed by atoms with Crippen molar-refractivity contribution in [2.24, 2.45) is 0 Å². The van der Waals surface area contributed by atoms with Crippen LogP contribution in [0.1, 0.15) is 39.0 Å². The topological polar surface area (TPSA) is 23.8 Å². The summed E-state index contributed by atoms with van der Waals surface area (Å²) in [5.41, 5.74) is 0. The van der Waals surface area contributed by atoms with Crippen molar-refractivity contribution in [2.45, 2.75) is 39.0 Å². The number of nitrogens with zero attached hydrogens (tertiary/aromatic N) is 1. The van der Waals surface area contributed by atoms with Crippen LogP contribution in [0.25, 0.3) is 0 Å². The van der Waals surface area contributed by atoms with Gasteiger partial charge in [-0.25, -0.2) is 0 Å². The van der Waals surface area contributed by atoms with E-state index in [0.717, 1.165) is 11.3 Å². The zero-order valence-electron chi connectivity index (χ0n) is 7.97. The zero-order chi connectivity index (χ0) is 9.23. The molecule has 0 bridgehead atoms. The lowest BCUT2D eigenvalue weighted by atomic mass is 10.1. The molecule has 0 aromatic rings. The van der Waals surface area contributed by atoms with Gasteiger partial charge in [0.15, 0.2) is 0 Å². The first-order chi connectivity index (χ1) is 5.85. The Morgan fingerprint density at radius 1 is 1.42 bits per heavy atom. The molecule has 2 heteroatoms. The maximum Gasteiger partial charge on any atom is 0.106 e. The van der Waals surface area contributed by atoms with Crippen LogP contribution >= 0.6 is 11.8 Å². The van der Waals surface area contributed by atoms with Crippen LogP contribution in [0, 0.1) is 11.3 Å². The first-order valence-corrected chi connectivity index (χ1v) is 5.71. The molecule has 0 aliphatic heterocycles. The Morgan fingerprint density at radius 2 is 2.17 bits per heavy atom. The van der Waals surface area contributed by atoms with Crippen LogP contribution in [0.3, 0.4) is 0 Å². The van der Waals surface area contributed by atoms with E-state index in [1.807, 2.05) is 12.3 Å². The summed E-state index contributed by atoms with van der Waals surface area (Å²) in [6.07, 6.45) is 10.1. The maximum absolute atomic E-state index is 8.59. The lowest BCUT2D eigenvalue weighted by Crippen LogP contribution is -1.75. The number of hydrogen-bond donors (Lipinski definition) is 0. The Kier molecular flexibility index (Phi) is 8.37. The van der Waals surface area contributed by atoms with E-state index in [2.05, 4.69) is 13.0 Å². The van der Waals surface area contributed by atoms with Crippen molar-refractivity contribution in [3.63, 3.8) is 0 Å². The Hall–Kier alpha value is -0.420. The quantitative estimate of drug-likeness (QED) is 0.463. The normalized spacial score (nSPS) is 11.2. The van der Waals surface area contributed by atoms with Crippen molar-refractivity contribution in [1.82, 2.24) is 0 Å². The number of rotatable bonds is 6. The van der Waals surface area contributed by atoms with E-state index in [4.69, 9.17) is 5.26 Å². The van der Waals surface area contributed by atoms with Gasteiger partial charge in [-0.15, -0.1) is 11.8 Å². The summed E-state index contributed by atoms with van der Waals surface area (Å²) in [6.45, 7) is 2.21. The average Bonchev–Trinajstić information content (AvgIpc) is 2.11. The van der Waals surface area contributed by atoms with Crippen molar-refractivity contribution >= 4 is 11.8 Å². The van der Waals surface area contributed by atoms with Crippen LogP contribution in [-0.4, -0.2) is 6.26 Å². The summed E-state index contributed by atoms with van der Waals surface area (Å²) < 4.78 is 0. The van der Waals surface area contributed by atoms with Crippen LogP contribution in [0.5, 0.6) is 0 Å². The molecule has 0 heterocycles. The van der Waals surface area contributed by atoms with Gasteiger partial charge in [0, 0.05) is 0 Å². The first-order valence-electron chi connectivity index (χ1n) is 4.49. The van der Waals surface area contributed by atoms with Gasteiger partial charge in [0.05, 0.1) is 4.91 Å². The molecule has 0 saturated heterocycles. The van der Waals surface area contributed by atoms with Crippen LogP contribution in [0.15, 0.2) is 11.0 Å². The fourth-order valence-corrected chi connectivity index (χ4v) is 1.35. The number of allylic oxidation sites excluding steroid dienone is 2. The second-order valence-corrected chi connectivity index (χ2v) is 3.58. The molecule has 0 radical (unpaired) electrons. The highest BCUT2D eigenvalue weighted by atomic mass is 32.2. The monoisotopic (exact) mass is 183 g/mol. The molecule has 68 valence electrons.